The van der Waals surface area contributed by atoms with Crippen LogP contribution in [0.25, 0.3) is 0 Å². The molecule has 0 radical (unpaired) electrons. The van der Waals surface area contributed by atoms with Gasteiger partial charge in [0.05, 0.1) is 30.3 Å². The molecule has 0 aromatic heterocycles. The lowest BCUT2D eigenvalue weighted by atomic mass is 9.68. The van der Waals surface area contributed by atoms with Gasteiger partial charge in [-0.3, -0.25) is 9.52 Å². The molecule has 10 nitrogen and oxygen atoms in total. The van der Waals surface area contributed by atoms with E-state index < -0.39 is 21.9 Å². The minimum absolute atomic E-state index is 0.0255. The molecule has 2 N–H and O–H groups in total. The van der Waals surface area contributed by atoms with Gasteiger partial charge in [0, 0.05) is 49.4 Å². The van der Waals surface area contributed by atoms with Crippen LogP contribution in [-0.4, -0.2) is 74.1 Å². The Balaban J connectivity index is 1.26. The topological polar surface area (TPSA) is 119 Å². The normalized spacial score (nSPS) is 34.4. The Morgan fingerprint density at radius 3 is 2.74 bits per heavy atom. The molecular formula is C38H49ClN4O6S. The SMILES string of the molecule is CO[C@H]1/C=C/C[C@H](C)C[S@@](=O)(NC(=O)N[C@H]2C[C@H](OC)C2)=NC(=O)c2ccc3c(c2)N(C[C@@H]2CC[C@H]21)C[C@@]1(CCCc2cc(Cl)ccc21)CO3. The molecule has 2 fully saturated rings. The van der Waals surface area contributed by atoms with Crippen molar-refractivity contribution in [3.05, 3.63) is 70.3 Å². The fourth-order valence-corrected chi connectivity index (χ4v) is 10.6. The van der Waals surface area contributed by atoms with Gasteiger partial charge in [-0.05, 0) is 111 Å². The molecule has 3 aliphatic carbocycles. The third-order valence-electron chi connectivity index (χ3n) is 11.5. The number of nitrogens with one attached hydrogen (secondary N) is 2. The molecule has 6 atom stereocenters. The van der Waals surface area contributed by atoms with Crippen molar-refractivity contribution in [2.24, 2.45) is 22.1 Å². The van der Waals surface area contributed by atoms with Gasteiger partial charge in [0.2, 0.25) is 0 Å². The highest BCUT2D eigenvalue weighted by molar-refractivity contribution is 7.92. The van der Waals surface area contributed by atoms with Crippen LogP contribution in [0, 0.1) is 17.8 Å². The molecule has 1 spiro atoms. The van der Waals surface area contributed by atoms with Crippen LogP contribution in [0.3, 0.4) is 0 Å². The van der Waals surface area contributed by atoms with Gasteiger partial charge in [0.25, 0.3) is 5.91 Å². The highest BCUT2D eigenvalue weighted by atomic mass is 35.5. The van der Waals surface area contributed by atoms with Crippen LogP contribution in [0.2, 0.25) is 5.02 Å². The Hall–Kier alpha value is -3.12. The molecular weight excluding hydrogens is 676 g/mol. The Labute approximate surface area is 300 Å². The predicted octanol–water partition coefficient (Wildman–Crippen LogP) is 6.45. The third kappa shape index (κ3) is 7.29. The van der Waals surface area contributed by atoms with E-state index in [-0.39, 0.29) is 35.3 Å². The Morgan fingerprint density at radius 1 is 1.14 bits per heavy atom. The van der Waals surface area contributed by atoms with Crippen molar-refractivity contribution in [2.75, 3.05) is 44.6 Å². The summed E-state index contributed by atoms with van der Waals surface area (Å²) in [6, 6.07) is 10.9. The number of carbonyl (C=O) groups excluding carboxylic acids is 2. The number of allylic oxidation sites excluding steroid dienone is 1. The molecule has 50 heavy (non-hydrogen) atoms. The van der Waals surface area contributed by atoms with E-state index in [2.05, 4.69) is 43.6 Å². The first kappa shape index (κ1) is 35.3. The van der Waals surface area contributed by atoms with E-state index in [0.717, 1.165) is 55.9 Å². The average Bonchev–Trinajstić information content (AvgIpc) is 3.20. The maximum Gasteiger partial charge on any atom is 0.327 e. The Kier molecular flexibility index (Phi) is 10.2. The van der Waals surface area contributed by atoms with Crippen LogP contribution in [0.4, 0.5) is 10.5 Å². The maximum atomic E-state index is 14.4. The van der Waals surface area contributed by atoms with Gasteiger partial charge in [0.1, 0.15) is 15.7 Å². The predicted molar refractivity (Wildman–Crippen MR) is 195 cm³/mol. The van der Waals surface area contributed by atoms with Crippen LogP contribution in [-0.2, 0) is 31.2 Å². The molecule has 7 rings (SSSR count). The number of hydrogen-bond donors (Lipinski definition) is 2. The summed E-state index contributed by atoms with van der Waals surface area (Å²) in [5.74, 6) is 0.721. The van der Waals surface area contributed by atoms with Crippen molar-refractivity contribution in [1.82, 2.24) is 10.0 Å². The number of fused-ring (bicyclic) bond motifs is 4. The summed E-state index contributed by atoms with van der Waals surface area (Å²) < 4.78 is 39.3. The van der Waals surface area contributed by atoms with Crippen molar-refractivity contribution < 1.29 is 28.0 Å². The lowest BCUT2D eigenvalue weighted by molar-refractivity contribution is 0.0131. The fourth-order valence-electron chi connectivity index (χ4n) is 8.60. The Morgan fingerprint density at radius 2 is 1.98 bits per heavy atom. The maximum absolute atomic E-state index is 14.4. The van der Waals surface area contributed by atoms with Crippen molar-refractivity contribution >= 4 is 39.1 Å². The van der Waals surface area contributed by atoms with Gasteiger partial charge < -0.3 is 24.4 Å². The molecule has 2 saturated carbocycles. The van der Waals surface area contributed by atoms with Crippen LogP contribution in [0.5, 0.6) is 5.75 Å². The molecule has 3 amide bonds. The van der Waals surface area contributed by atoms with Crippen molar-refractivity contribution in [3.8, 4) is 5.75 Å². The number of amides is 3. The zero-order chi connectivity index (χ0) is 35.0. The molecule has 0 unspecified atom stereocenters. The van der Waals surface area contributed by atoms with Crippen molar-refractivity contribution in [2.45, 2.75) is 82.0 Å². The second kappa shape index (κ2) is 14.5. The van der Waals surface area contributed by atoms with Crippen LogP contribution < -0.4 is 19.7 Å². The number of rotatable bonds is 4. The Bertz CT molecular complexity index is 1770. The zero-order valence-electron chi connectivity index (χ0n) is 29.2. The van der Waals surface area contributed by atoms with Crippen molar-refractivity contribution in [1.29, 1.82) is 0 Å². The summed E-state index contributed by atoms with van der Waals surface area (Å²) in [5, 5.41) is 3.61. The number of urea groups is 1. The highest BCUT2D eigenvalue weighted by Crippen LogP contribution is 2.47. The van der Waals surface area contributed by atoms with Crippen LogP contribution in [0.15, 0.2) is 52.9 Å². The van der Waals surface area contributed by atoms with Crippen LogP contribution in [0.1, 0.15) is 73.4 Å². The standard InChI is InChI=1S/C38H49ClN4O6S/c1-24-6-4-8-34(48-3)31-12-9-27(31)20-43-22-38(15-5-7-25-16-28(39)11-13-32(25)38)23-49-35-14-10-26(17-33(35)43)36(44)41-50(46,21-24)42-37(45)40-29-18-30(19-29)47-2/h4,8,10-11,13-14,16-17,24,27,29-31,34H,5-7,9,12,15,18-23H2,1-3H3,(H2,40,41,42,44,45,46)/b8-4+/t24-,27-,29-,30-,31+,34-,38-,50-/m0/s1. The number of benzene rings is 2. The van der Waals surface area contributed by atoms with E-state index >= 15 is 0 Å². The number of halogens is 1. The third-order valence-corrected chi connectivity index (χ3v) is 13.8. The lowest BCUT2D eigenvalue weighted by Gasteiger charge is -2.46. The number of ether oxygens (including phenoxy) is 3. The molecule has 270 valence electrons. The average molecular weight is 725 g/mol. The van der Waals surface area contributed by atoms with E-state index in [1.54, 1.807) is 20.3 Å². The molecule has 2 aliphatic heterocycles. The smallest absolute Gasteiger partial charge is 0.327 e. The zero-order valence-corrected chi connectivity index (χ0v) is 30.8. The minimum Gasteiger partial charge on any atom is -0.490 e. The van der Waals surface area contributed by atoms with Gasteiger partial charge in [-0.15, -0.1) is 4.36 Å². The molecule has 2 bridgehead atoms. The summed E-state index contributed by atoms with van der Waals surface area (Å²) in [6.45, 7) is 3.98. The molecule has 2 aromatic rings. The van der Waals surface area contributed by atoms with Gasteiger partial charge in [-0.1, -0.05) is 36.7 Å². The lowest BCUT2D eigenvalue weighted by Crippen LogP contribution is -2.52. The minimum atomic E-state index is -3.48. The molecule has 2 aromatic carbocycles. The summed E-state index contributed by atoms with van der Waals surface area (Å²) >= 11 is 6.45. The van der Waals surface area contributed by atoms with E-state index in [1.807, 2.05) is 25.1 Å². The molecule has 0 saturated heterocycles. The molecule has 5 aliphatic rings. The van der Waals surface area contributed by atoms with Gasteiger partial charge in [0.15, 0.2) is 0 Å². The number of carbonyl (C=O) groups is 2. The number of anilines is 1. The van der Waals surface area contributed by atoms with E-state index in [1.165, 1.54) is 11.1 Å². The number of nitrogens with zero attached hydrogens (tertiary/aromatic N) is 2. The summed E-state index contributed by atoms with van der Waals surface area (Å²) in [7, 11) is -0.0663. The monoisotopic (exact) mass is 724 g/mol. The second-order valence-electron chi connectivity index (χ2n) is 15.1. The first-order valence-electron chi connectivity index (χ1n) is 18.0. The fraction of sp³-hybridized carbons (Fsp3) is 0.579. The second-order valence-corrected chi connectivity index (χ2v) is 17.5. The molecule has 2 heterocycles. The molecule has 12 heteroatoms. The summed E-state index contributed by atoms with van der Waals surface area (Å²) in [6.07, 6.45) is 11.4. The van der Waals surface area contributed by atoms with Crippen molar-refractivity contribution in [3.63, 3.8) is 0 Å². The summed E-state index contributed by atoms with van der Waals surface area (Å²) in [5.41, 5.74) is 3.43. The number of hydrogen-bond acceptors (Lipinski definition) is 7. The highest BCUT2D eigenvalue weighted by Gasteiger charge is 2.44. The van der Waals surface area contributed by atoms with Crippen LogP contribution >= 0.6 is 11.6 Å². The van der Waals surface area contributed by atoms with E-state index in [9.17, 15) is 13.8 Å². The van der Waals surface area contributed by atoms with Gasteiger partial charge in [-0.25, -0.2) is 9.00 Å². The first-order chi connectivity index (χ1) is 24.1. The summed E-state index contributed by atoms with van der Waals surface area (Å²) in [4.78, 5) is 29.4. The van der Waals surface area contributed by atoms with E-state index in [0.29, 0.717) is 49.0 Å². The van der Waals surface area contributed by atoms with Gasteiger partial charge >= 0.3 is 6.03 Å². The quantitative estimate of drug-likeness (QED) is 0.348. The largest absolute Gasteiger partial charge is 0.490 e. The van der Waals surface area contributed by atoms with Gasteiger partial charge in [-0.2, -0.15) is 0 Å². The van der Waals surface area contributed by atoms with E-state index in [4.69, 9.17) is 25.8 Å². The number of aryl methyl sites for hydroxylation is 1. The number of methoxy groups -OCH3 is 2. The first-order valence-corrected chi connectivity index (χ1v) is 20.0.